The van der Waals surface area contributed by atoms with E-state index in [-0.39, 0.29) is 17.4 Å². The highest BCUT2D eigenvalue weighted by Gasteiger charge is 2.38. The van der Waals surface area contributed by atoms with Crippen LogP contribution in [-0.2, 0) is 29.6 Å². The van der Waals surface area contributed by atoms with E-state index in [0.717, 1.165) is 18.4 Å². The second-order valence-corrected chi connectivity index (χ2v) is 8.46. The second-order valence-electron chi connectivity index (χ2n) is 8.46. The normalized spacial score (nSPS) is 18.5. The van der Waals surface area contributed by atoms with Gasteiger partial charge in [-0.2, -0.15) is 5.10 Å². The molecule has 6 nitrogen and oxygen atoms in total. The molecule has 1 fully saturated rings. The molecule has 156 valence electrons. The van der Waals surface area contributed by atoms with Crippen molar-refractivity contribution in [3.8, 4) is 0 Å². The number of amides is 2. The van der Waals surface area contributed by atoms with Crippen molar-refractivity contribution in [2.24, 2.45) is 7.05 Å². The van der Waals surface area contributed by atoms with Crippen LogP contribution in [0, 0.1) is 0 Å². The maximum absolute atomic E-state index is 12.7. The maximum atomic E-state index is 12.7. The molecule has 1 N–H and O–H groups in total. The highest BCUT2D eigenvalue weighted by atomic mass is 16.2. The summed E-state index contributed by atoms with van der Waals surface area (Å²) in [5, 5.41) is 9.75. The van der Waals surface area contributed by atoms with Crippen LogP contribution in [0.2, 0.25) is 0 Å². The molecule has 1 atom stereocenters. The van der Waals surface area contributed by atoms with Gasteiger partial charge < -0.3 is 10.2 Å². The summed E-state index contributed by atoms with van der Waals surface area (Å²) in [4.78, 5) is 26.5. The van der Waals surface area contributed by atoms with Gasteiger partial charge >= 0.3 is 0 Å². The minimum atomic E-state index is -0.357. The molecule has 0 radical (unpaired) electrons. The first kappa shape index (κ1) is 20.1. The zero-order valence-electron chi connectivity index (χ0n) is 17.6. The number of nitrogens with one attached hydrogen (secondary N) is 1. The van der Waals surface area contributed by atoms with Crippen molar-refractivity contribution < 1.29 is 9.59 Å². The largest absolute Gasteiger partial charge is 0.350 e. The fourth-order valence-corrected chi connectivity index (χ4v) is 4.37. The molecule has 0 unspecified atom stereocenters. The zero-order chi connectivity index (χ0) is 21.1. The molecule has 1 aliphatic heterocycles. The SMILES string of the molecule is CN(Cc1cnn(C)c1)C(=O)CC[C@@]1(Cc2ccc3ccccc3c2)CCC(=O)N1. The summed E-state index contributed by atoms with van der Waals surface area (Å²) >= 11 is 0. The van der Waals surface area contributed by atoms with Crippen molar-refractivity contribution in [3.63, 3.8) is 0 Å². The molecule has 6 heteroatoms. The van der Waals surface area contributed by atoms with E-state index in [9.17, 15) is 9.59 Å². The molecule has 1 aliphatic rings. The molecule has 3 aromatic rings. The molecule has 1 saturated heterocycles. The van der Waals surface area contributed by atoms with Gasteiger partial charge in [0.15, 0.2) is 0 Å². The second kappa shape index (κ2) is 8.30. The smallest absolute Gasteiger partial charge is 0.222 e. The molecular formula is C24H28N4O2. The van der Waals surface area contributed by atoms with Gasteiger partial charge in [-0.15, -0.1) is 0 Å². The van der Waals surface area contributed by atoms with E-state index in [1.54, 1.807) is 15.8 Å². The van der Waals surface area contributed by atoms with E-state index in [2.05, 4.69) is 40.7 Å². The van der Waals surface area contributed by atoms with Crippen LogP contribution < -0.4 is 5.32 Å². The summed E-state index contributed by atoms with van der Waals surface area (Å²) in [6.07, 6.45) is 6.77. The number of aryl methyl sites for hydroxylation is 1. The molecular weight excluding hydrogens is 376 g/mol. The first-order valence-corrected chi connectivity index (χ1v) is 10.4. The summed E-state index contributed by atoms with van der Waals surface area (Å²) in [7, 11) is 3.68. The van der Waals surface area contributed by atoms with Gasteiger partial charge in [-0.25, -0.2) is 0 Å². The number of hydrogen-bond acceptors (Lipinski definition) is 3. The maximum Gasteiger partial charge on any atom is 0.222 e. The van der Waals surface area contributed by atoms with Crippen LogP contribution in [0.5, 0.6) is 0 Å². The Kier molecular flexibility index (Phi) is 5.57. The van der Waals surface area contributed by atoms with Crippen molar-refractivity contribution in [1.82, 2.24) is 20.0 Å². The number of hydrogen-bond donors (Lipinski definition) is 1. The molecule has 0 saturated carbocycles. The van der Waals surface area contributed by atoms with E-state index in [1.165, 1.54) is 16.3 Å². The quantitative estimate of drug-likeness (QED) is 0.658. The Balaban J connectivity index is 1.43. The average molecular weight is 405 g/mol. The highest BCUT2D eigenvalue weighted by Crippen LogP contribution is 2.31. The van der Waals surface area contributed by atoms with Crippen molar-refractivity contribution in [2.75, 3.05) is 7.05 Å². The lowest BCUT2D eigenvalue weighted by Gasteiger charge is -2.30. The van der Waals surface area contributed by atoms with E-state index in [0.29, 0.717) is 25.8 Å². The minimum Gasteiger partial charge on any atom is -0.350 e. The van der Waals surface area contributed by atoms with Crippen LogP contribution in [0.15, 0.2) is 54.9 Å². The molecule has 0 spiro atoms. The Labute approximate surface area is 176 Å². The summed E-state index contributed by atoms with van der Waals surface area (Å²) in [6, 6.07) is 14.7. The lowest BCUT2D eigenvalue weighted by molar-refractivity contribution is -0.131. The number of carbonyl (C=O) groups is 2. The average Bonchev–Trinajstić information content (AvgIpc) is 3.31. The van der Waals surface area contributed by atoms with Crippen LogP contribution >= 0.6 is 0 Å². The van der Waals surface area contributed by atoms with Gasteiger partial charge in [0.2, 0.25) is 11.8 Å². The lowest BCUT2D eigenvalue weighted by atomic mass is 9.84. The van der Waals surface area contributed by atoms with Gasteiger partial charge in [0.05, 0.1) is 6.20 Å². The molecule has 2 aromatic carbocycles. The van der Waals surface area contributed by atoms with Crippen molar-refractivity contribution >= 4 is 22.6 Å². The van der Waals surface area contributed by atoms with Crippen LogP contribution in [0.25, 0.3) is 10.8 Å². The lowest BCUT2D eigenvalue weighted by Crippen LogP contribution is -2.44. The van der Waals surface area contributed by atoms with Gasteiger partial charge in [-0.1, -0.05) is 42.5 Å². The van der Waals surface area contributed by atoms with Gasteiger partial charge in [-0.05, 0) is 35.6 Å². The van der Waals surface area contributed by atoms with Crippen LogP contribution in [0.4, 0.5) is 0 Å². The summed E-state index contributed by atoms with van der Waals surface area (Å²) < 4.78 is 1.74. The number of nitrogens with zero attached hydrogens (tertiary/aromatic N) is 3. The molecule has 0 aliphatic carbocycles. The predicted molar refractivity (Wildman–Crippen MR) is 117 cm³/mol. The van der Waals surface area contributed by atoms with Gasteiger partial charge in [0.1, 0.15) is 0 Å². The Morgan fingerprint density at radius 2 is 2.00 bits per heavy atom. The van der Waals surface area contributed by atoms with Crippen molar-refractivity contribution in [1.29, 1.82) is 0 Å². The number of aromatic nitrogens is 2. The Morgan fingerprint density at radius 3 is 2.70 bits per heavy atom. The monoisotopic (exact) mass is 404 g/mol. The fraction of sp³-hybridized carbons (Fsp3) is 0.375. The molecule has 1 aromatic heterocycles. The first-order chi connectivity index (χ1) is 14.4. The number of fused-ring (bicyclic) bond motifs is 1. The summed E-state index contributed by atoms with van der Waals surface area (Å²) in [5.74, 6) is 0.157. The number of rotatable bonds is 7. The summed E-state index contributed by atoms with van der Waals surface area (Å²) in [5.41, 5.74) is 1.84. The van der Waals surface area contributed by atoms with Crippen molar-refractivity contribution in [3.05, 3.63) is 66.0 Å². The minimum absolute atomic E-state index is 0.0759. The predicted octanol–water partition coefficient (Wildman–Crippen LogP) is 3.20. The molecule has 2 heterocycles. The summed E-state index contributed by atoms with van der Waals surface area (Å²) in [6.45, 7) is 0.538. The fourth-order valence-electron chi connectivity index (χ4n) is 4.37. The van der Waals surface area contributed by atoms with Crippen LogP contribution in [0.1, 0.15) is 36.8 Å². The third-order valence-electron chi connectivity index (χ3n) is 6.01. The van der Waals surface area contributed by atoms with Gasteiger partial charge in [0.25, 0.3) is 0 Å². The third-order valence-corrected chi connectivity index (χ3v) is 6.01. The number of benzene rings is 2. The Hall–Kier alpha value is -3.15. The molecule has 30 heavy (non-hydrogen) atoms. The standard InChI is InChI=1S/C24H28N4O2/c1-27(16-19-15-25-28(2)17-19)23(30)10-12-24(11-9-22(29)26-24)14-18-7-8-20-5-3-4-6-21(20)13-18/h3-8,13,15,17H,9-12,14,16H2,1-2H3,(H,26,29)/t24-/m1/s1. The van der Waals surface area contributed by atoms with Gasteiger partial charge in [-0.3, -0.25) is 14.3 Å². The Bertz CT molecular complexity index is 1070. The topological polar surface area (TPSA) is 67.2 Å². The van der Waals surface area contributed by atoms with E-state index in [4.69, 9.17) is 0 Å². The molecule has 2 amide bonds. The van der Waals surface area contributed by atoms with Crippen molar-refractivity contribution in [2.45, 2.75) is 44.2 Å². The van der Waals surface area contributed by atoms with Crippen LogP contribution in [-0.4, -0.2) is 39.1 Å². The molecule has 0 bridgehead atoms. The molecule has 4 rings (SSSR count). The van der Waals surface area contributed by atoms with E-state index < -0.39 is 0 Å². The Morgan fingerprint density at radius 1 is 1.20 bits per heavy atom. The van der Waals surface area contributed by atoms with E-state index >= 15 is 0 Å². The zero-order valence-corrected chi connectivity index (χ0v) is 17.6. The highest BCUT2D eigenvalue weighted by molar-refractivity contribution is 5.83. The first-order valence-electron chi connectivity index (χ1n) is 10.4. The van der Waals surface area contributed by atoms with Gasteiger partial charge in [0, 0.05) is 50.8 Å². The van der Waals surface area contributed by atoms with Crippen LogP contribution in [0.3, 0.4) is 0 Å². The number of carbonyl (C=O) groups excluding carboxylic acids is 2. The third kappa shape index (κ3) is 4.53. The van der Waals surface area contributed by atoms with E-state index in [1.807, 2.05) is 32.4 Å².